The second-order valence-corrected chi connectivity index (χ2v) is 11.7. The number of carbonyl (C=O) groups is 2. The number of hydrogen-bond donors (Lipinski definition) is 2. The van der Waals surface area contributed by atoms with E-state index in [2.05, 4.69) is 10.6 Å². The van der Waals surface area contributed by atoms with Crippen LogP contribution in [0.5, 0.6) is 0 Å². The van der Waals surface area contributed by atoms with Crippen molar-refractivity contribution in [1.82, 2.24) is 9.29 Å². The van der Waals surface area contributed by atoms with Gasteiger partial charge in [-0.25, -0.2) is 17.2 Å². The minimum absolute atomic E-state index is 0.0962. The molecule has 3 aromatic carbocycles. The Bertz CT molecular complexity index is 1630. The molecule has 1 aromatic heterocycles. The number of hydrogen-bond acceptors (Lipinski definition) is 6. The van der Waals surface area contributed by atoms with Gasteiger partial charge in [-0.15, -0.1) is 0 Å². The average Bonchev–Trinajstić information content (AvgIpc) is 3.33. The Morgan fingerprint density at radius 3 is 2.45 bits per heavy atom. The zero-order chi connectivity index (χ0) is 27.1. The number of aromatic nitrogens is 1. The molecule has 1 aliphatic heterocycles. The van der Waals surface area contributed by atoms with Gasteiger partial charge >= 0.3 is 6.09 Å². The number of nitrogens with zero attached hydrogens (tertiary/aromatic N) is 1. The largest absolute Gasteiger partial charge is 0.441 e. The van der Waals surface area contributed by atoms with Gasteiger partial charge in [0.15, 0.2) is 5.78 Å². The van der Waals surface area contributed by atoms with E-state index in [1.54, 1.807) is 49.4 Å². The quantitative estimate of drug-likeness (QED) is 0.349. The first-order chi connectivity index (χ1) is 18.1. The van der Waals surface area contributed by atoms with Gasteiger partial charge in [0.2, 0.25) is 0 Å². The van der Waals surface area contributed by atoms with E-state index in [0.29, 0.717) is 22.2 Å². The Balaban J connectivity index is 1.53. The predicted molar refractivity (Wildman–Crippen MR) is 146 cm³/mol. The molecular weight excluding hydrogens is 502 g/mol. The number of fused-ring (bicyclic) bond motifs is 3. The zero-order valence-corrected chi connectivity index (χ0v) is 22.2. The number of carbonyl (C=O) groups excluding carboxylic acids is 2. The highest BCUT2D eigenvalue weighted by atomic mass is 32.2. The van der Waals surface area contributed by atoms with Crippen molar-refractivity contribution in [1.29, 1.82) is 0 Å². The third kappa shape index (κ3) is 4.65. The van der Waals surface area contributed by atoms with E-state index in [1.165, 1.54) is 17.1 Å². The van der Waals surface area contributed by atoms with Crippen molar-refractivity contribution in [3.63, 3.8) is 0 Å². The fraction of sp³-hybridized carbons (Fsp3) is 0.241. The summed E-state index contributed by atoms with van der Waals surface area (Å²) in [7, 11) is -3.86. The second-order valence-electron chi connectivity index (χ2n) is 9.84. The summed E-state index contributed by atoms with van der Waals surface area (Å²) in [5, 5.41) is 6.68. The van der Waals surface area contributed by atoms with Gasteiger partial charge in [-0.05, 0) is 56.7 Å². The first-order valence-corrected chi connectivity index (χ1v) is 13.8. The van der Waals surface area contributed by atoms with E-state index < -0.39 is 27.8 Å². The van der Waals surface area contributed by atoms with Crippen LogP contribution in [0.2, 0.25) is 0 Å². The lowest BCUT2D eigenvalue weighted by Gasteiger charge is -2.39. The van der Waals surface area contributed by atoms with E-state index >= 15 is 0 Å². The summed E-state index contributed by atoms with van der Waals surface area (Å²) < 4.78 is 34.1. The van der Waals surface area contributed by atoms with Crippen LogP contribution >= 0.6 is 0 Å². The molecule has 0 bridgehead atoms. The van der Waals surface area contributed by atoms with E-state index in [0.717, 1.165) is 11.1 Å². The summed E-state index contributed by atoms with van der Waals surface area (Å²) in [5.74, 6) is -0.0962. The van der Waals surface area contributed by atoms with Crippen molar-refractivity contribution < 1.29 is 22.7 Å². The van der Waals surface area contributed by atoms with Crippen molar-refractivity contribution >= 4 is 38.5 Å². The molecule has 0 saturated heterocycles. The smallest absolute Gasteiger partial charge is 0.408 e. The Labute approximate surface area is 221 Å². The Kier molecular flexibility index (Phi) is 6.48. The predicted octanol–water partition coefficient (Wildman–Crippen LogP) is 5.32. The van der Waals surface area contributed by atoms with E-state index in [-0.39, 0.29) is 23.6 Å². The fourth-order valence-corrected chi connectivity index (χ4v) is 6.14. The first kappa shape index (κ1) is 25.5. The van der Waals surface area contributed by atoms with Crippen molar-refractivity contribution in [2.75, 3.05) is 5.32 Å². The molecule has 2 heterocycles. The molecule has 196 valence electrons. The normalized spacial score (nSPS) is 18.9. The summed E-state index contributed by atoms with van der Waals surface area (Å²) in [6.07, 6.45) is 0.299. The van der Waals surface area contributed by atoms with Crippen molar-refractivity contribution in [3.8, 4) is 0 Å². The third-order valence-corrected chi connectivity index (χ3v) is 8.79. The molecule has 8 nitrogen and oxygen atoms in total. The molecular formula is C29H29N3O5S. The maximum Gasteiger partial charge on any atom is 0.408 e. The Morgan fingerprint density at radius 1 is 1.05 bits per heavy atom. The highest BCUT2D eigenvalue weighted by Gasteiger charge is 2.41. The summed E-state index contributed by atoms with van der Waals surface area (Å²) in [5.41, 5.74) is 2.63. The third-order valence-electron chi connectivity index (χ3n) is 7.09. The zero-order valence-electron chi connectivity index (χ0n) is 21.4. The van der Waals surface area contributed by atoms with Crippen LogP contribution in [0.4, 0.5) is 10.5 Å². The molecule has 38 heavy (non-hydrogen) atoms. The molecule has 1 amide bonds. The number of nitrogens with one attached hydrogen (secondary N) is 2. The van der Waals surface area contributed by atoms with Crippen LogP contribution in [0.15, 0.2) is 83.9 Å². The minimum atomic E-state index is -3.86. The molecule has 9 heteroatoms. The monoisotopic (exact) mass is 531 g/mol. The van der Waals surface area contributed by atoms with Gasteiger partial charge in [-0.2, -0.15) is 0 Å². The number of rotatable bonds is 6. The van der Waals surface area contributed by atoms with Crippen molar-refractivity contribution in [3.05, 3.63) is 95.7 Å². The molecule has 0 fully saturated rings. The standard InChI is InChI=1S/C29H29N3O5S/c1-19-9-11-22(12-10-19)38(35,36)32-16-15-23-25(32)14-13-24-27(23)26(17-29(3,31-24)20(2)33)37-28(34)30-18-21-7-5-4-6-8-21/h4-16,26,31H,17-18H2,1-3H3,(H,30,34). The minimum Gasteiger partial charge on any atom is -0.441 e. The van der Waals surface area contributed by atoms with Gasteiger partial charge in [0.05, 0.1) is 16.0 Å². The first-order valence-electron chi connectivity index (χ1n) is 12.3. The van der Waals surface area contributed by atoms with Crippen LogP contribution in [-0.2, 0) is 26.1 Å². The van der Waals surface area contributed by atoms with Gasteiger partial charge in [-0.1, -0.05) is 48.0 Å². The summed E-state index contributed by atoms with van der Waals surface area (Å²) in [4.78, 5) is 25.6. The summed E-state index contributed by atoms with van der Waals surface area (Å²) in [6.45, 7) is 5.45. The number of benzene rings is 3. The SMILES string of the molecule is CC(=O)C1(C)CC(OC(=O)NCc2ccccc2)c2c(ccc3c2ccn3S(=O)(=O)c2ccc(C)cc2)N1. The molecule has 0 saturated carbocycles. The lowest BCUT2D eigenvalue weighted by molar-refractivity contribution is -0.122. The number of amides is 1. The number of Topliss-reactive ketones (excluding diaryl/α,β-unsaturated/α-hetero) is 1. The molecule has 5 rings (SSSR count). The van der Waals surface area contributed by atoms with Gasteiger partial charge in [0.25, 0.3) is 10.0 Å². The lowest BCUT2D eigenvalue weighted by Crippen LogP contribution is -2.47. The Morgan fingerprint density at radius 2 is 1.76 bits per heavy atom. The molecule has 0 spiro atoms. The number of ketones is 1. The number of aryl methyl sites for hydroxylation is 1. The van der Waals surface area contributed by atoms with Crippen molar-refractivity contribution in [2.45, 2.75) is 50.3 Å². The molecule has 2 atom stereocenters. The summed E-state index contributed by atoms with van der Waals surface area (Å²) in [6, 6.07) is 21.3. The molecule has 0 aliphatic carbocycles. The van der Waals surface area contributed by atoms with E-state index in [9.17, 15) is 18.0 Å². The highest BCUT2D eigenvalue weighted by Crippen LogP contribution is 2.44. The molecule has 2 unspecified atom stereocenters. The molecule has 4 aromatic rings. The van der Waals surface area contributed by atoms with E-state index in [1.807, 2.05) is 37.3 Å². The van der Waals surface area contributed by atoms with Crippen LogP contribution in [0, 0.1) is 6.92 Å². The maximum absolute atomic E-state index is 13.5. The maximum atomic E-state index is 13.5. The average molecular weight is 532 g/mol. The van der Waals surface area contributed by atoms with Crippen LogP contribution < -0.4 is 10.6 Å². The highest BCUT2D eigenvalue weighted by molar-refractivity contribution is 7.90. The second kappa shape index (κ2) is 9.64. The van der Waals surface area contributed by atoms with E-state index in [4.69, 9.17) is 4.74 Å². The van der Waals surface area contributed by atoms with Gasteiger partial charge in [0.1, 0.15) is 6.10 Å². The van der Waals surface area contributed by atoms with Crippen LogP contribution in [0.3, 0.4) is 0 Å². The molecule has 1 aliphatic rings. The summed E-state index contributed by atoms with van der Waals surface area (Å²) >= 11 is 0. The van der Waals surface area contributed by atoms with Gasteiger partial charge in [-0.3, -0.25) is 4.79 Å². The number of ether oxygens (including phenoxy) is 1. The number of alkyl carbamates (subject to hydrolysis) is 1. The molecule has 0 radical (unpaired) electrons. The lowest BCUT2D eigenvalue weighted by atomic mass is 9.82. The number of anilines is 1. The van der Waals surface area contributed by atoms with Crippen LogP contribution in [0.25, 0.3) is 10.9 Å². The van der Waals surface area contributed by atoms with Crippen molar-refractivity contribution in [2.24, 2.45) is 0 Å². The van der Waals surface area contributed by atoms with Crippen LogP contribution in [0.1, 0.15) is 43.1 Å². The molecule has 2 N–H and O–H groups in total. The Hall–Kier alpha value is -4.11. The van der Waals surface area contributed by atoms with Gasteiger partial charge in [0, 0.05) is 35.8 Å². The van der Waals surface area contributed by atoms with Gasteiger partial charge < -0.3 is 15.4 Å². The fourth-order valence-electron chi connectivity index (χ4n) is 4.80. The van der Waals surface area contributed by atoms with Crippen LogP contribution in [-0.4, -0.2) is 29.8 Å². The topological polar surface area (TPSA) is 106 Å².